The Morgan fingerprint density at radius 2 is 2.06 bits per heavy atom. The van der Waals surface area contributed by atoms with Gasteiger partial charge in [-0.25, -0.2) is 4.79 Å². The summed E-state index contributed by atoms with van der Waals surface area (Å²) in [5.41, 5.74) is 5.91. The van der Waals surface area contributed by atoms with Gasteiger partial charge in [0.1, 0.15) is 29.9 Å². The third kappa shape index (κ3) is 4.64. The van der Waals surface area contributed by atoms with Gasteiger partial charge in [-0.3, -0.25) is 14.5 Å². The Bertz CT molecular complexity index is 1130. The molecule has 1 unspecified atom stereocenters. The maximum Gasteiger partial charge on any atom is 0.439 e. The molecule has 8 heteroatoms. The van der Waals surface area contributed by atoms with E-state index in [2.05, 4.69) is 21.6 Å². The van der Waals surface area contributed by atoms with Gasteiger partial charge in [0.15, 0.2) is 5.82 Å². The van der Waals surface area contributed by atoms with Gasteiger partial charge in [-0.2, -0.15) is 0 Å². The highest BCUT2D eigenvalue weighted by molar-refractivity contribution is 5.49. The lowest BCUT2D eigenvalue weighted by molar-refractivity contribution is 0.0108. The molecule has 1 aliphatic heterocycles. The van der Waals surface area contributed by atoms with E-state index in [4.69, 9.17) is 14.5 Å². The van der Waals surface area contributed by atoms with Crippen LogP contribution >= 0.6 is 0 Å². The molecule has 4 rings (SSSR count). The number of aromatic amines is 1. The molecule has 1 saturated heterocycles. The summed E-state index contributed by atoms with van der Waals surface area (Å²) < 4.78 is 16.2. The number of aromatic nitrogens is 3. The minimum absolute atomic E-state index is 0.120. The first-order valence-corrected chi connectivity index (χ1v) is 10.5. The number of ether oxygens (including phenoxy) is 2. The van der Waals surface area contributed by atoms with Gasteiger partial charge in [-0.15, -0.1) is 0 Å². The highest BCUT2D eigenvalue weighted by atomic mass is 16.5. The van der Waals surface area contributed by atoms with Gasteiger partial charge in [-0.1, -0.05) is 5.16 Å². The van der Waals surface area contributed by atoms with Crippen molar-refractivity contribution >= 4 is 0 Å². The molecule has 2 aromatic heterocycles. The zero-order valence-electron chi connectivity index (χ0n) is 18.0. The molecule has 0 aliphatic carbocycles. The van der Waals surface area contributed by atoms with Crippen molar-refractivity contribution in [2.45, 2.75) is 59.2 Å². The number of rotatable bonds is 6. The van der Waals surface area contributed by atoms with Crippen molar-refractivity contribution in [2.75, 3.05) is 6.61 Å². The first kappa shape index (κ1) is 21.1. The number of pyridine rings is 1. The Morgan fingerprint density at radius 1 is 1.23 bits per heavy atom. The number of H-pyrrole nitrogens is 1. The number of nitrogens with zero attached hydrogens (tertiary/aromatic N) is 2. The fourth-order valence-electron chi connectivity index (χ4n) is 3.97. The van der Waals surface area contributed by atoms with Crippen molar-refractivity contribution in [3.8, 4) is 11.5 Å². The molecule has 164 valence electrons. The van der Waals surface area contributed by atoms with Crippen LogP contribution in [-0.4, -0.2) is 26.8 Å². The molecular weight excluding hydrogens is 398 g/mol. The van der Waals surface area contributed by atoms with E-state index in [0.717, 1.165) is 47.4 Å². The molecule has 0 saturated carbocycles. The molecule has 0 amide bonds. The zero-order valence-corrected chi connectivity index (χ0v) is 18.0. The third-order valence-corrected chi connectivity index (χ3v) is 5.86. The van der Waals surface area contributed by atoms with Gasteiger partial charge in [0, 0.05) is 18.7 Å². The molecule has 1 atom stereocenters. The highest BCUT2D eigenvalue weighted by Gasteiger charge is 2.22. The van der Waals surface area contributed by atoms with E-state index in [0.29, 0.717) is 24.5 Å². The van der Waals surface area contributed by atoms with Crippen molar-refractivity contribution in [3.05, 3.63) is 68.2 Å². The number of aryl methyl sites for hydroxylation is 1. The summed E-state index contributed by atoms with van der Waals surface area (Å²) in [6.45, 7) is 6.93. The average Bonchev–Trinajstić information content (AvgIpc) is 3.19. The number of nitrogens with one attached hydrogen (secondary N) is 1. The molecule has 0 radical (unpaired) electrons. The van der Waals surface area contributed by atoms with E-state index < -0.39 is 5.76 Å². The van der Waals surface area contributed by atoms with Gasteiger partial charge >= 0.3 is 5.76 Å². The van der Waals surface area contributed by atoms with Crippen molar-refractivity contribution < 1.29 is 19.1 Å². The maximum atomic E-state index is 11.1. The second-order valence-corrected chi connectivity index (χ2v) is 7.99. The standard InChI is InChI=1S/C23H27N3O5/c1-13-10-20(30-12-21-25-23(28)31-26-21)15(3)14(2)17(13)11-16-7-8-18(27)22(24-16)19-6-4-5-9-29-19/h7-8,10,19,27H,4-6,9,11-12H2,1-3H3,(H,25,26,28). The van der Waals surface area contributed by atoms with Crippen molar-refractivity contribution in [2.24, 2.45) is 0 Å². The maximum absolute atomic E-state index is 11.1. The molecule has 1 aliphatic rings. The summed E-state index contributed by atoms with van der Waals surface area (Å²) in [4.78, 5) is 18.3. The molecule has 1 aromatic carbocycles. The lowest BCUT2D eigenvalue weighted by Gasteiger charge is -2.23. The average molecular weight is 425 g/mol. The van der Waals surface area contributed by atoms with Crippen LogP contribution in [-0.2, 0) is 17.8 Å². The predicted octanol–water partition coefficient (Wildman–Crippen LogP) is 3.80. The van der Waals surface area contributed by atoms with Crippen LogP contribution < -0.4 is 10.5 Å². The molecular formula is C23H27N3O5. The van der Waals surface area contributed by atoms with E-state index in [1.807, 2.05) is 26.0 Å². The Labute approximate surface area is 180 Å². The first-order valence-electron chi connectivity index (χ1n) is 10.5. The van der Waals surface area contributed by atoms with Crippen LogP contribution in [0.4, 0.5) is 0 Å². The molecule has 0 spiro atoms. The van der Waals surface area contributed by atoms with Crippen molar-refractivity contribution in [3.63, 3.8) is 0 Å². The van der Waals surface area contributed by atoms with E-state index >= 15 is 0 Å². The van der Waals surface area contributed by atoms with E-state index in [1.54, 1.807) is 6.07 Å². The van der Waals surface area contributed by atoms with Crippen LogP contribution in [0.5, 0.6) is 11.5 Å². The van der Waals surface area contributed by atoms with Crippen LogP contribution in [0.15, 0.2) is 27.5 Å². The Hall–Kier alpha value is -3.13. The Morgan fingerprint density at radius 3 is 2.77 bits per heavy atom. The lowest BCUT2D eigenvalue weighted by atomic mass is 9.93. The highest BCUT2D eigenvalue weighted by Crippen LogP contribution is 2.34. The quantitative estimate of drug-likeness (QED) is 0.618. The second kappa shape index (κ2) is 8.93. The van der Waals surface area contributed by atoms with E-state index in [1.165, 1.54) is 5.56 Å². The number of benzene rings is 1. The Balaban J connectivity index is 1.56. The normalized spacial score (nSPS) is 16.4. The summed E-state index contributed by atoms with van der Waals surface area (Å²) in [5, 5.41) is 13.9. The number of hydrogen-bond donors (Lipinski definition) is 2. The Kier molecular flexibility index (Phi) is 6.08. The predicted molar refractivity (Wildman–Crippen MR) is 113 cm³/mol. The fraction of sp³-hybridized carbons (Fsp3) is 0.435. The monoisotopic (exact) mass is 425 g/mol. The van der Waals surface area contributed by atoms with E-state index in [9.17, 15) is 9.90 Å². The SMILES string of the molecule is Cc1cc(OCc2noc(=O)[nH]2)c(C)c(C)c1Cc1ccc(O)c(C2CCCCO2)n1. The van der Waals surface area contributed by atoms with Crippen molar-refractivity contribution in [1.29, 1.82) is 0 Å². The summed E-state index contributed by atoms with van der Waals surface area (Å²) >= 11 is 0. The van der Waals surface area contributed by atoms with E-state index in [-0.39, 0.29) is 18.5 Å². The largest absolute Gasteiger partial charge is 0.506 e. The molecule has 31 heavy (non-hydrogen) atoms. The molecule has 2 N–H and O–H groups in total. The molecule has 8 nitrogen and oxygen atoms in total. The number of hydrogen-bond acceptors (Lipinski definition) is 7. The fourth-order valence-corrected chi connectivity index (χ4v) is 3.97. The van der Waals surface area contributed by atoms with Gasteiger partial charge < -0.3 is 14.6 Å². The van der Waals surface area contributed by atoms with Crippen LogP contribution in [0.3, 0.4) is 0 Å². The number of aromatic hydroxyl groups is 1. The van der Waals surface area contributed by atoms with Crippen LogP contribution in [0, 0.1) is 20.8 Å². The minimum atomic E-state index is -0.600. The molecule has 1 fully saturated rings. The summed E-state index contributed by atoms with van der Waals surface area (Å²) in [6.07, 6.45) is 3.52. The van der Waals surface area contributed by atoms with Gasteiger partial charge in [-0.05, 0) is 80.5 Å². The zero-order chi connectivity index (χ0) is 22.0. The summed E-state index contributed by atoms with van der Waals surface area (Å²) in [6, 6.07) is 5.56. The smallest absolute Gasteiger partial charge is 0.439 e. The first-order chi connectivity index (χ1) is 14.9. The third-order valence-electron chi connectivity index (χ3n) is 5.86. The summed E-state index contributed by atoms with van der Waals surface area (Å²) in [7, 11) is 0. The molecule has 3 aromatic rings. The van der Waals surface area contributed by atoms with Gasteiger partial charge in [0.25, 0.3) is 0 Å². The molecule has 0 bridgehead atoms. The lowest BCUT2D eigenvalue weighted by Crippen LogP contribution is -2.14. The van der Waals surface area contributed by atoms with Crippen LogP contribution in [0.25, 0.3) is 0 Å². The second-order valence-electron chi connectivity index (χ2n) is 7.99. The minimum Gasteiger partial charge on any atom is -0.506 e. The summed E-state index contributed by atoms with van der Waals surface area (Å²) in [5.74, 6) is 0.666. The van der Waals surface area contributed by atoms with Gasteiger partial charge in [0.2, 0.25) is 0 Å². The van der Waals surface area contributed by atoms with Crippen LogP contribution in [0.2, 0.25) is 0 Å². The van der Waals surface area contributed by atoms with Gasteiger partial charge in [0.05, 0.1) is 0 Å². The topological polar surface area (TPSA) is 110 Å². The molecule has 3 heterocycles. The van der Waals surface area contributed by atoms with Crippen LogP contribution in [0.1, 0.15) is 64.8 Å². The van der Waals surface area contributed by atoms with Crippen molar-refractivity contribution in [1.82, 2.24) is 15.1 Å².